The number of ether oxygens (including phenoxy) is 2. The number of piperidine rings is 1. The van der Waals surface area contributed by atoms with Crippen molar-refractivity contribution in [3.63, 3.8) is 0 Å². The monoisotopic (exact) mass is 916 g/mol. The van der Waals surface area contributed by atoms with Crippen molar-refractivity contribution in [2.24, 2.45) is 7.05 Å². The molecule has 1 unspecified atom stereocenters. The van der Waals surface area contributed by atoms with Crippen LogP contribution in [-0.2, 0) is 52.1 Å². The maximum atomic E-state index is 14.6. The molecule has 0 saturated carbocycles. The number of aromatic amines is 1. The Balaban J connectivity index is 0.707. The first kappa shape index (κ1) is 46.5. The summed E-state index contributed by atoms with van der Waals surface area (Å²) in [4.78, 5) is 67.6. The van der Waals surface area contributed by atoms with E-state index < -0.39 is 23.6 Å². The lowest BCUT2D eigenvalue weighted by Gasteiger charge is -2.29. The average Bonchev–Trinajstić information content (AvgIpc) is 4.07. The molecule has 4 amide bonds. The number of pyridine rings is 1. The number of nitrogens with zero attached hydrogens (tertiary/aromatic N) is 5. The molecule has 2 aliphatic rings. The molecule has 1 atom stereocenters. The van der Waals surface area contributed by atoms with Crippen LogP contribution in [0.15, 0.2) is 84.0 Å². The van der Waals surface area contributed by atoms with Gasteiger partial charge in [-0.25, -0.2) is 8.78 Å². The van der Waals surface area contributed by atoms with E-state index in [2.05, 4.69) is 25.9 Å². The number of H-pyrrole nitrogens is 1. The zero-order valence-electron chi connectivity index (χ0n) is 37.5. The number of halogens is 2. The van der Waals surface area contributed by atoms with Crippen LogP contribution in [0.4, 0.5) is 14.5 Å². The van der Waals surface area contributed by atoms with E-state index in [1.807, 2.05) is 29.1 Å². The number of hydrogen-bond acceptors (Lipinski definition) is 9. The fourth-order valence-corrected chi connectivity index (χ4v) is 8.82. The highest BCUT2D eigenvalue weighted by molar-refractivity contribution is 6.05. The van der Waals surface area contributed by atoms with Crippen molar-refractivity contribution >= 4 is 40.2 Å². The molecule has 0 bridgehead atoms. The van der Waals surface area contributed by atoms with Crippen LogP contribution in [0.2, 0.25) is 0 Å². The van der Waals surface area contributed by atoms with Gasteiger partial charge in [0.2, 0.25) is 17.7 Å². The number of imide groups is 1. The average molecular weight is 917 g/mol. The third kappa shape index (κ3) is 11.3. The van der Waals surface area contributed by atoms with Crippen LogP contribution < -0.4 is 20.9 Å². The van der Waals surface area contributed by atoms with E-state index in [9.17, 15) is 32.8 Å². The summed E-state index contributed by atoms with van der Waals surface area (Å²) in [5.41, 5.74) is 5.25. The minimum Gasteiger partial charge on any atom is -0.454 e. The van der Waals surface area contributed by atoms with Gasteiger partial charge in [-0.3, -0.25) is 34.0 Å². The molecule has 0 radical (unpaired) electrons. The Bertz CT molecular complexity index is 2840. The predicted octanol–water partition coefficient (Wildman–Crippen LogP) is 7.91. The van der Waals surface area contributed by atoms with Crippen molar-refractivity contribution in [3.05, 3.63) is 124 Å². The van der Waals surface area contributed by atoms with Gasteiger partial charge in [-0.05, 0) is 98.5 Å². The Morgan fingerprint density at radius 1 is 0.851 bits per heavy atom. The number of nitrogens with one attached hydrogen (secondary N) is 3. The fourth-order valence-electron chi connectivity index (χ4n) is 8.82. The number of benzene rings is 3. The summed E-state index contributed by atoms with van der Waals surface area (Å²) < 4.78 is 43.4. The quantitative estimate of drug-likeness (QED) is 0.0450. The molecule has 6 aromatic rings. The van der Waals surface area contributed by atoms with E-state index in [-0.39, 0.29) is 47.6 Å². The zero-order chi connectivity index (χ0) is 46.9. The molecule has 3 N–H and O–H groups in total. The molecular weight excluding hydrogens is 863 g/mol. The standard InChI is InChI=1S/C50H54F2N8O7/c1-58-30-40(36-22-23-53-47(36)50(58)65)38-28-34(17-20-43(38)67-44-19-16-33(51)27-41(44)52)54-45(61)15-9-13-35-29-59(57-56-35)24-6-4-2-3-5-7-25-66-26-10-12-32-11-8-14-37-39(32)31-60(49(37)64)42-18-21-46(62)55-48(42)63/h8,11,14,16-17,19-20,22-23,27-30,42,53H,2-7,9-10,12-13,15,18,21,24-26,31H2,1H3,(H,54,61)(H,55,62,63). The first-order valence-electron chi connectivity index (χ1n) is 23.0. The molecular formula is C50H54F2N8O7. The third-order valence-electron chi connectivity index (χ3n) is 12.3. The molecule has 15 nitrogen and oxygen atoms in total. The molecule has 5 heterocycles. The molecule has 3 aromatic carbocycles. The van der Waals surface area contributed by atoms with Crippen LogP contribution in [0.5, 0.6) is 11.5 Å². The SMILES string of the molecule is Cn1cc(-c2cc(NC(=O)CCCc3cn(CCCCCCCCOCCCc4cccc5c4CN(C4CCC(=O)NC4=O)C5=O)nn3)ccc2Oc2ccc(F)cc2F)c2cc[nH]c2c1=O. The van der Waals surface area contributed by atoms with Crippen LogP contribution in [0, 0.1) is 11.6 Å². The molecule has 0 aliphatic carbocycles. The number of carbonyl (C=O) groups is 4. The summed E-state index contributed by atoms with van der Waals surface area (Å²) in [6, 6.07) is 14.9. The lowest BCUT2D eigenvalue weighted by atomic mass is 10.00. The van der Waals surface area contributed by atoms with E-state index in [4.69, 9.17) is 9.47 Å². The van der Waals surface area contributed by atoms with E-state index in [0.29, 0.717) is 72.3 Å². The highest BCUT2D eigenvalue weighted by atomic mass is 19.1. The molecule has 0 spiro atoms. The van der Waals surface area contributed by atoms with E-state index in [1.54, 1.807) is 48.6 Å². The van der Waals surface area contributed by atoms with Gasteiger partial charge in [0.05, 0.1) is 5.69 Å². The van der Waals surface area contributed by atoms with Gasteiger partial charge in [0.15, 0.2) is 11.6 Å². The van der Waals surface area contributed by atoms with Crippen LogP contribution in [0.3, 0.4) is 0 Å². The van der Waals surface area contributed by atoms with Crippen molar-refractivity contribution in [3.8, 4) is 22.6 Å². The summed E-state index contributed by atoms with van der Waals surface area (Å²) in [7, 11) is 1.62. The third-order valence-corrected chi connectivity index (χ3v) is 12.3. The molecule has 3 aromatic heterocycles. The predicted molar refractivity (Wildman–Crippen MR) is 246 cm³/mol. The normalized spacial score (nSPS) is 14.8. The van der Waals surface area contributed by atoms with E-state index in [0.717, 1.165) is 86.9 Å². The highest BCUT2D eigenvalue weighted by Crippen LogP contribution is 2.39. The number of anilines is 1. The van der Waals surface area contributed by atoms with Gasteiger partial charge in [0, 0.05) is 98.6 Å². The first-order valence-corrected chi connectivity index (χ1v) is 23.0. The minimum atomic E-state index is -0.870. The van der Waals surface area contributed by atoms with Crippen molar-refractivity contribution in [1.82, 2.24) is 34.8 Å². The summed E-state index contributed by atoms with van der Waals surface area (Å²) in [6.07, 6.45) is 15.2. The molecule has 1 saturated heterocycles. The molecule has 67 heavy (non-hydrogen) atoms. The Morgan fingerprint density at radius 3 is 2.49 bits per heavy atom. The summed E-state index contributed by atoms with van der Waals surface area (Å²) in [6.45, 7) is 2.50. The maximum absolute atomic E-state index is 14.6. The number of fused-ring (bicyclic) bond motifs is 2. The van der Waals surface area contributed by atoms with Gasteiger partial charge in [-0.1, -0.05) is 43.0 Å². The molecule has 1 fully saturated rings. The van der Waals surface area contributed by atoms with Crippen molar-refractivity contribution in [1.29, 1.82) is 0 Å². The lowest BCUT2D eigenvalue weighted by molar-refractivity contribution is -0.137. The number of carbonyl (C=O) groups excluding carboxylic acids is 4. The van der Waals surface area contributed by atoms with Gasteiger partial charge < -0.3 is 29.2 Å². The van der Waals surface area contributed by atoms with Gasteiger partial charge in [-0.2, -0.15) is 0 Å². The van der Waals surface area contributed by atoms with Gasteiger partial charge in [-0.15, -0.1) is 5.10 Å². The molecule has 2 aliphatic heterocycles. The second-order valence-electron chi connectivity index (χ2n) is 17.2. The molecule has 350 valence electrons. The van der Waals surface area contributed by atoms with E-state index >= 15 is 0 Å². The number of hydrogen-bond donors (Lipinski definition) is 3. The van der Waals surface area contributed by atoms with Crippen molar-refractivity contribution in [2.45, 2.75) is 103 Å². The van der Waals surface area contributed by atoms with Gasteiger partial charge >= 0.3 is 0 Å². The van der Waals surface area contributed by atoms with Crippen LogP contribution >= 0.6 is 0 Å². The minimum absolute atomic E-state index is 0.152. The smallest absolute Gasteiger partial charge is 0.274 e. The fraction of sp³-hybridized carbons (Fsp3) is 0.380. The van der Waals surface area contributed by atoms with Crippen molar-refractivity contribution in [2.75, 3.05) is 18.5 Å². The lowest BCUT2D eigenvalue weighted by Crippen LogP contribution is -2.52. The summed E-state index contributed by atoms with van der Waals surface area (Å²) in [5, 5.41) is 14.5. The first-order chi connectivity index (χ1) is 32.5. The van der Waals surface area contributed by atoms with Gasteiger partial charge in [0.25, 0.3) is 11.5 Å². The van der Waals surface area contributed by atoms with Crippen LogP contribution in [0.25, 0.3) is 22.0 Å². The Labute approximate surface area is 385 Å². The van der Waals surface area contributed by atoms with Crippen LogP contribution in [-0.4, -0.2) is 72.3 Å². The van der Waals surface area contributed by atoms with Gasteiger partial charge in [0.1, 0.15) is 23.1 Å². The largest absolute Gasteiger partial charge is 0.454 e. The van der Waals surface area contributed by atoms with Crippen LogP contribution in [0.1, 0.15) is 97.8 Å². The Kier molecular flexibility index (Phi) is 14.9. The Morgan fingerprint density at radius 2 is 1.66 bits per heavy atom. The number of amides is 4. The second-order valence-corrected chi connectivity index (χ2v) is 17.2. The van der Waals surface area contributed by atoms with Crippen molar-refractivity contribution < 1.29 is 37.4 Å². The van der Waals surface area contributed by atoms with E-state index in [1.165, 1.54) is 10.6 Å². The molecule has 17 heteroatoms. The number of unbranched alkanes of at least 4 members (excludes halogenated alkanes) is 5. The Hall–Kier alpha value is -7.01. The number of aromatic nitrogens is 5. The zero-order valence-corrected chi connectivity index (χ0v) is 37.5. The topological polar surface area (TPSA) is 183 Å². The summed E-state index contributed by atoms with van der Waals surface area (Å²) >= 11 is 0. The second kappa shape index (κ2) is 21.5. The number of rotatable bonds is 22. The molecule has 8 rings (SSSR count). The highest BCUT2D eigenvalue weighted by Gasteiger charge is 2.39. The maximum Gasteiger partial charge on any atom is 0.274 e. The number of aryl methyl sites for hydroxylation is 4. The summed E-state index contributed by atoms with van der Waals surface area (Å²) in [5.74, 6) is -2.59.